The molecule has 0 N–H and O–H groups in total. The van der Waals surface area contributed by atoms with Crippen LogP contribution in [0.25, 0.3) is 132 Å². The Bertz CT molecular complexity index is 4450. The van der Waals surface area contributed by atoms with Crippen LogP contribution in [0.5, 0.6) is 0 Å². The van der Waals surface area contributed by atoms with E-state index in [-0.39, 0.29) is 11.6 Å². The predicted octanol–water partition coefficient (Wildman–Crippen LogP) is 18.2. The van der Waals surface area contributed by atoms with E-state index in [4.69, 9.17) is 0 Å². The Morgan fingerprint density at radius 3 is 1.05 bits per heavy atom. The Hall–Kier alpha value is -9.52. The van der Waals surface area contributed by atoms with E-state index in [1.165, 1.54) is 0 Å². The van der Waals surface area contributed by atoms with Gasteiger partial charge in [-0.3, -0.25) is 0 Å². The standard InChI is InChI=1S/C68H44F2N4/c1-2-48-63(42-29-33-44(69)34-30-42)61(73-55-25-13-9-21-49(55)51-37-39-59-65(67(51)73)53-23-11-15-27-57(53)71(59)46-17-5-3-6-18-46)41-62(64(48)43-31-35-45(70)36-32-43)74-56-26-14-10-22-50(56)52-38-40-60-66(68(52)74)54-24-12-16-28-58(54)72(60)47-19-7-4-8-20-47/h3-41H,2H2,1H3. The quantitative estimate of drug-likeness (QED) is 0.152. The molecule has 0 unspecified atom stereocenters. The van der Waals surface area contributed by atoms with Crippen LogP contribution in [0.1, 0.15) is 12.5 Å². The Morgan fingerprint density at radius 1 is 0.311 bits per heavy atom. The van der Waals surface area contributed by atoms with Crippen LogP contribution in [0.2, 0.25) is 0 Å². The summed E-state index contributed by atoms with van der Waals surface area (Å²) in [7, 11) is 0. The molecule has 15 aromatic rings. The first-order chi connectivity index (χ1) is 36.6. The van der Waals surface area contributed by atoms with Crippen LogP contribution >= 0.6 is 0 Å². The van der Waals surface area contributed by atoms with Gasteiger partial charge in [0.1, 0.15) is 11.6 Å². The molecule has 0 atom stereocenters. The highest BCUT2D eigenvalue weighted by molar-refractivity contribution is 6.28. The normalized spacial score (nSPS) is 12.0. The molecule has 4 aromatic heterocycles. The lowest BCUT2D eigenvalue weighted by atomic mass is 9.87. The third-order valence-corrected chi connectivity index (χ3v) is 15.5. The molecule has 0 radical (unpaired) electrons. The Kier molecular flexibility index (Phi) is 9.27. The molecule has 4 heterocycles. The average molecular weight is 955 g/mol. The lowest BCUT2D eigenvalue weighted by Gasteiger charge is -2.26. The minimum Gasteiger partial charge on any atom is -0.309 e. The first-order valence-corrected chi connectivity index (χ1v) is 25.3. The molecule has 11 aromatic carbocycles. The number of aromatic nitrogens is 4. The summed E-state index contributed by atoms with van der Waals surface area (Å²) in [5.41, 5.74) is 17.5. The highest BCUT2D eigenvalue weighted by atomic mass is 19.1. The minimum atomic E-state index is -0.306. The van der Waals surface area contributed by atoms with Gasteiger partial charge in [0.15, 0.2) is 0 Å². The van der Waals surface area contributed by atoms with Crippen molar-refractivity contribution in [1.82, 2.24) is 18.3 Å². The summed E-state index contributed by atoms with van der Waals surface area (Å²) in [6.07, 6.45) is 0.611. The second kappa shape index (κ2) is 16.3. The third-order valence-electron chi connectivity index (χ3n) is 15.5. The van der Waals surface area contributed by atoms with Gasteiger partial charge >= 0.3 is 0 Å². The summed E-state index contributed by atoms with van der Waals surface area (Å²) in [6.45, 7) is 2.21. The summed E-state index contributed by atoms with van der Waals surface area (Å²) in [5.74, 6) is -0.611. The van der Waals surface area contributed by atoms with Gasteiger partial charge < -0.3 is 18.3 Å². The van der Waals surface area contributed by atoms with Gasteiger partial charge in [0.2, 0.25) is 0 Å². The molecule has 0 aliphatic heterocycles. The van der Waals surface area contributed by atoms with E-state index in [0.29, 0.717) is 6.42 Å². The Balaban J connectivity index is 1.19. The predicted molar refractivity (Wildman–Crippen MR) is 304 cm³/mol. The first kappa shape index (κ1) is 42.2. The van der Waals surface area contributed by atoms with Crippen LogP contribution in [0.15, 0.2) is 237 Å². The molecular weight excluding hydrogens is 911 g/mol. The average Bonchev–Trinajstić information content (AvgIpc) is 4.19. The molecule has 74 heavy (non-hydrogen) atoms. The van der Waals surface area contributed by atoms with Crippen molar-refractivity contribution in [3.63, 3.8) is 0 Å². The van der Waals surface area contributed by atoms with Crippen LogP contribution < -0.4 is 0 Å². The van der Waals surface area contributed by atoms with Gasteiger partial charge in [0.25, 0.3) is 0 Å². The van der Waals surface area contributed by atoms with E-state index in [1.807, 2.05) is 24.3 Å². The highest BCUT2D eigenvalue weighted by Gasteiger charge is 2.29. The third kappa shape index (κ3) is 5.99. The number of hydrogen-bond acceptors (Lipinski definition) is 0. The topological polar surface area (TPSA) is 19.7 Å². The lowest BCUT2D eigenvalue weighted by molar-refractivity contribution is 0.627. The van der Waals surface area contributed by atoms with Crippen LogP contribution in [0, 0.1) is 11.6 Å². The van der Waals surface area contributed by atoms with Gasteiger partial charge in [-0.2, -0.15) is 0 Å². The molecule has 15 rings (SSSR count). The number of halogens is 2. The molecule has 0 amide bonds. The van der Waals surface area contributed by atoms with Gasteiger partial charge in [0, 0.05) is 65.6 Å². The number of para-hydroxylation sites is 6. The largest absolute Gasteiger partial charge is 0.309 e. The fourth-order valence-corrected chi connectivity index (χ4v) is 12.5. The van der Waals surface area contributed by atoms with Crippen LogP contribution in [0.3, 0.4) is 0 Å². The molecule has 350 valence electrons. The van der Waals surface area contributed by atoms with Crippen molar-refractivity contribution in [1.29, 1.82) is 0 Å². The fourth-order valence-electron chi connectivity index (χ4n) is 12.5. The second-order valence-electron chi connectivity index (χ2n) is 19.3. The zero-order valence-electron chi connectivity index (χ0n) is 40.3. The Labute approximate surface area is 424 Å². The molecular formula is C68H44F2N4. The summed E-state index contributed by atoms with van der Waals surface area (Å²) >= 11 is 0. The maximum Gasteiger partial charge on any atom is 0.123 e. The van der Waals surface area contributed by atoms with Crippen molar-refractivity contribution in [3.05, 3.63) is 254 Å². The molecule has 0 fully saturated rings. The smallest absolute Gasteiger partial charge is 0.123 e. The SMILES string of the molecule is CCc1c(-c2ccc(F)cc2)c(-n2c3ccccc3c3ccc4c(c5ccccc5n4-c4ccccc4)c32)cc(-n2c3ccccc3c3ccc4c(c5ccccc5n4-c4ccccc4)c32)c1-c1ccc(F)cc1. The van der Waals surface area contributed by atoms with Crippen LogP contribution in [0.4, 0.5) is 8.78 Å². The van der Waals surface area contributed by atoms with E-state index in [2.05, 4.69) is 213 Å². The van der Waals surface area contributed by atoms with Gasteiger partial charge in [-0.25, -0.2) is 8.78 Å². The van der Waals surface area contributed by atoms with E-state index in [0.717, 1.165) is 138 Å². The fraction of sp³-hybridized carbons (Fsp3) is 0.0294. The monoisotopic (exact) mass is 954 g/mol. The maximum atomic E-state index is 15.3. The maximum absolute atomic E-state index is 15.3. The Morgan fingerprint density at radius 2 is 0.662 bits per heavy atom. The molecule has 0 saturated heterocycles. The van der Waals surface area contributed by atoms with Crippen LogP contribution in [-0.2, 0) is 6.42 Å². The summed E-state index contributed by atoms with van der Waals surface area (Å²) in [6, 6.07) is 81.4. The molecule has 0 aliphatic carbocycles. The lowest BCUT2D eigenvalue weighted by Crippen LogP contribution is -2.08. The van der Waals surface area contributed by atoms with Crippen molar-refractivity contribution >= 4 is 87.2 Å². The summed E-state index contributed by atoms with van der Waals surface area (Å²) in [4.78, 5) is 0. The number of benzene rings is 11. The minimum absolute atomic E-state index is 0.306. The van der Waals surface area contributed by atoms with E-state index in [9.17, 15) is 0 Å². The van der Waals surface area contributed by atoms with Crippen molar-refractivity contribution < 1.29 is 8.78 Å². The first-order valence-electron chi connectivity index (χ1n) is 25.3. The number of rotatable bonds is 7. The van der Waals surface area contributed by atoms with Gasteiger partial charge in [-0.05, 0) is 114 Å². The van der Waals surface area contributed by atoms with Crippen molar-refractivity contribution in [2.24, 2.45) is 0 Å². The molecule has 4 nitrogen and oxygen atoms in total. The van der Waals surface area contributed by atoms with Crippen molar-refractivity contribution in [2.75, 3.05) is 0 Å². The second-order valence-corrected chi connectivity index (χ2v) is 19.3. The molecule has 0 saturated carbocycles. The van der Waals surface area contributed by atoms with Gasteiger partial charge in [-0.1, -0.05) is 153 Å². The summed E-state index contributed by atoms with van der Waals surface area (Å²) < 4.78 is 40.3. The van der Waals surface area contributed by atoms with E-state index >= 15 is 8.78 Å². The van der Waals surface area contributed by atoms with Crippen LogP contribution in [-0.4, -0.2) is 18.3 Å². The highest BCUT2D eigenvalue weighted by Crippen LogP contribution is 2.50. The molecule has 0 bridgehead atoms. The zero-order valence-corrected chi connectivity index (χ0v) is 40.3. The van der Waals surface area contributed by atoms with Gasteiger partial charge in [0.05, 0.1) is 55.5 Å². The van der Waals surface area contributed by atoms with Crippen molar-refractivity contribution in [3.8, 4) is 45.0 Å². The summed E-state index contributed by atoms with van der Waals surface area (Å²) in [5, 5.41) is 9.06. The molecule has 0 aliphatic rings. The van der Waals surface area contributed by atoms with E-state index < -0.39 is 0 Å². The zero-order chi connectivity index (χ0) is 49.2. The number of hydrogen-bond donors (Lipinski definition) is 0. The number of fused-ring (bicyclic) bond motifs is 14. The number of nitrogens with zero attached hydrogens (tertiary/aromatic N) is 4. The van der Waals surface area contributed by atoms with Crippen molar-refractivity contribution in [2.45, 2.75) is 13.3 Å². The molecule has 6 heteroatoms. The van der Waals surface area contributed by atoms with Gasteiger partial charge in [-0.15, -0.1) is 0 Å². The van der Waals surface area contributed by atoms with E-state index in [1.54, 1.807) is 24.3 Å². The molecule has 0 spiro atoms.